The highest BCUT2D eigenvalue weighted by Gasteiger charge is 2.43. The zero-order chi connectivity index (χ0) is 85.9. The molecule has 2 saturated heterocycles. The Hall–Kier alpha value is -12.4. The summed E-state index contributed by atoms with van der Waals surface area (Å²) in [5.74, 6) is -7.84. The van der Waals surface area contributed by atoms with Crippen LogP contribution < -0.4 is 75.4 Å². The number of aromatic amines is 1. The lowest BCUT2D eigenvalue weighted by Gasteiger charge is -2.32. The molecule has 2 aliphatic rings. The molecular weight excluding hydrogens is 1550 g/mol. The summed E-state index contributed by atoms with van der Waals surface area (Å²) in [6.07, 6.45) is 5.60. The molecule has 118 heavy (non-hydrogen) atoms. The SMILES string of the molecule is COc1ccc2c(CC(=O)N[C@@H](CCCNC(=N)N)C(=O)N3CCC[C@H]3C(=O)N[C@@H](CCCCN)C(=O)N3CCC[C@H]3C(=O)N[C@@H](Cc3ccc(O)cc3)C(=O)N[C@@H](C)C(=O)N(CC(=O)N[C@@H](Cc3c[nH]c4ccccc34)C(=O)N[C@@H](CCSC)C(=O)N[C@@H](CCCCNc3ccc([N+](=O)[O-])cc3[N+](=O)[O-])C(N)=O)C(C)C)cc(=O)oc2c1. The fourth-order valence-corrected chi connectivity index (χ4v) is 14.8. The molecule has 6 aromatic rings. The van der Waals surface area contributed by atoms with Gasteiger partial charge in [-0.1, -0.05) is 30.3 Å². The lowest BCUT2D eigenvalue weighted by Crippen LogP contribution is -2.60. The van der Waals surface area contributed by atoms with Crippen molar-refractivity contribution in [2.24, 2.45) is 17.2 Å². The smallest absolute Gasteiger partial charge is 0.336 e. The van der Waals surface area contributed by atoms with E-state index in [1.165, 1.54) is 83.0 Å². The van der Waals surface area contributed by atoms with Crippen LogP contribution >= 0.6 is 11.8 Å². The topological polar surface area (TPSA) is 569 Å². The third kappa shape index (κ3) is 25.8. The van der Waals surface area contributed by atoms with Gasteiger partial charge in [-0.3, -0.25) is 78.4 Å². The number of anilines is 1. The zero-order valence-electron chi connectivity index (χ0n) is 66.4. The Labute approximate surface area is 683 Å². The number of thioether (sulfide) groups is 1. The van der Waals surface area contributed by atoms with Crippen LogP contribution in [0.25, 0.3) is 21.9 Å². The minimum atomic E-state index is -1.44. The second-order valence-electron chi connectivity index (χ2n) is 29.3. The van der Waals surface area contributed by atoms with Gasteiger partial charge in [-0.2, -0.15) is 11.8 Å². The lowest BCUT2D eigenvalue weighted by atomic mass is 10.0. The molecule has 0 bridgehead atoms. The number of aromatic nitrogens is 1. The number of guanidine groups is 1. The second kappa shape index (κ2) is 44.1. The van der Waals surface area contributed by atoms with Crippen molar-refractivity contribution < 1.29 is 76.8 Å². The maximum Gasteiger partial charge on any atom is 0.336 e. The largest absolute Gasteiger partial charge is 0.508 e. The number of nitrogens with zero attached hydrogens (tertiary/aromatic N) is 5. The molecule has 0 aliphatic carbocycles. The first-order valence-corrected chi connectivity index (χ1v) is 40.5. The molecule has 636 valence electrons. The maximum atomic E-state index is 15.0. The molecule has 2 fully saturated rings. The Morgan fingerprint density at radius 1 is 0.669 bits per heavy atom. The normalized spacial score (nSPS) is 15.6. The molecular formula is C79H105N19O19S. The monoisotopic (exact) mass is 1660 g/mol. The fraction of sp³-hybridized carbons (Fsp3) is 0.481. The number of nitro benzene ring substituents is 2. The number of carbonyl (C=O) groups excluding carboxylic acids is 11. The van der Waals surface area contributed by atoms with Crippen LogP contribution in [0.4, 0.5) is 17.1 Å². The molecule has 2 aliphatic heterocycles. The van der Waals surface area contributed by atoms with Crippen LogP contribution in [0.1, 0.15) is 121 Å². The van der Waals surface area contributed by atoms with E-state index in [2.05, 4.69) is 52.8 Å². The number of carbonyl (C=O) groups is 11. The molecule has 0 spiro atoms. The first kappa shape index (κ1) is 91.1. The van der Waals surface area contributed by atoms with Gasteiger partial charge in [0.25, 0.3) is 11.4 Å². The van der Waals surface area contributed by atoms with E-state index in [4.69, 9.17) is 31.8 Å². The number of hydrogen-bond acceptors (Lipinski definition) is 23. The standard InChI is InChI=1S/C79H105N19O19S/c1-45(2)96(44-68(101)89-62(38-49-43-86-55-16-7-6-15-53(49)55)73(106)91-58(30-36-118-5)71(104)90-57(70(81)103)17-9-11-32-84-56-29-24-50(97(112)113)41-65(56)98(114)115)76(109)46(3)87-72(105)61(37-47-22-25-51(99)26-23-47)93-75(108)64-21-14-35-95(64)78(111)60(18-8-10-31-80)92-74(107)63-20-13-34-94(63)77(110)59(19-12-33-85-79(82)83)88-67(100)39-48-40-69(102)117-66-42-52(116-4)27-28-54(48)66/h6-7,15-16,22-29,40-43,45-46,57-64,84,86,99H,8-14,17-21,30-39,44,80H2,1-5H3,(H2,81,103)(H,87,105)(H,88,100)(H,89,101)(H,90,104)(H,91,106)(H,92,107)(H,93,108)(H4,82,83,85)/t46-,57-,58-,59-,60-,61-,62-,63-,64-/m0/s1. The summed E-state index contributed by atoms with van der Waals surface area (Å²) in [5.41, 5.74) is 17.8. The van der Waals surface area contributed by atoms with Gasteiger partial charge in [0, 0.05) is 85.7 Å². The van der Waals surface area contributed by atoms with Gasteiger partial charge >= 0.3 is 5.63 Å². The number of amides is 11. The van der Waals surface area contributed by atoms with Gasteiger partial charge < -0.3 is 99.0 Å². The number of unbranched alkanes of at least 4 members (excludes halogenated alkanes) is 2. The Bertz CT molecular complexity index is 4680. The molecule has 11 amide bonds. The number of nitro groups is 2. The van der Waals surface area contributed by atoms with Crippen LogP contribution in [-0.4, -0.2) is 224 Å². The molecule has 4 aromatic carbocycles. The number of phenolic OH excluding ortho intramolecular Hbond substituents is 1. The number of nitrogens with two attached hydrogens (primary N) is 3. The molecule has 0 saturated carbocycles. The summed E-state index contributed by atoms with van der Waals surface area (Å²) >= 11 is 1.36. The first-order chi connectivity index (χ1) is 56.4. The number of hydrogen-bond donors (Lipinski definition) is 15. The van der Waals surface area contributed by atoms with E-state index in [1.54, 1.807) is 56.6 Å². The van der Waals surface area contributed by atoms with Gasteiger partial charge in [-0.05, 0) is 176 Å². The third-order valence-corrected chi connectivity index (χ3v) is 21.1. The van der Waals surface area contributed by atoms with Gasteiger partial charge in [0.05, 0.1) is 36.0 Å². The minimum Gasteiger partial charge on any atom is -0.508 e. The number of phenols is 1. The Morgan fingerprint density at radius 3 is 1.92 bits per heavy atom. The number of para-hydroxylation sites is 1. The summed E-state index contributed by atoms with van der Waals surface area (Å²) in [5, 5.41) is 66.8. The highest BCUT2D eigenvalue weighted by Crippen LogP contribution is 2.31. The van der Waals surface area contributed by atoms with E-state index in [1.807, 2.05) is 6.07 Å². The van der Waals surface area contributed by atoms with Crippen molar-refractivity contribution in [3.05, 3.63) is 145 Å². The lowest BCUT2D eigenvalue weighted by molar-refractivity contribution is -0.393. The summed E-state index contributed by atoms with van der Waals surface area (Å²) in [4.78, 5) is 200. The van der Waals surface area contributed by atoms with Crippen molar-refractivity contribution in [1.82, 2.24) is 62.2 Å². The predicted molar refractivity (Wildman–Crippen MR) is 438 cm³/mol. The number of non-ortho nitro benzene ring substituents is 1. The molecule has 9 atom stereocenters. The van der Waals surface area contributed by atoms with Crippen LogP contribution in [0.3, 0.4) is 0 Å². The number of primary amides is 1. The Morgan fingerprint density at radius 2 is 1.28 bits per heavy atom. The summed E-state index contributed by atoms with van der Waals surface area (Å²) in [6.45, 7) is 4.68. The minimum absolute atomic E-state index is 0.0134. The Balaban J connectivity index is 0.933. The molecule has 2 aromatic heterocycles. The number of fused-ring (bicyclic) bond motifs is 2. The summed E-state index contributed by atoms with van der Waals surface area (Å²) < 4.78 is 10.6. The first-order valence-electron chi connectivity index (χ1n) is 39.1. The van der Waals surface area contributed by atoms with Crippen molar-refractivity contribution in [1.29, 1.82) is 5.41 Å². The molecule has 39 heteroatoms. The number of ether oxygens (including phenoxy) is 1. The van der Waals surface area contributed by atoms with Gasteiger partial charge in [0.2, 0.25) is 65.0 Å². The highest BCUT2D eigenvalue weighted by atomic mass is 32.2. The average molecular weight is 1660 g/mol. The third-order valence-electron chi connectivity index (χ3n) is 20.5. The molecule has 4 heterocycles. The van der Waals surface area contributed by atoms with Crippen LogP contribution in [0.15, 0.2) is 106 Å². The molecule has 0 unspecified atom stereocenters. The van der Waals surface area contributed by atoms with Crippen LogP contribution in [0.2, 0.25) is 0 Å². The van der Waals surface area contributed by atoms with E-state index in [0.717, 1.165) is 12.1 Å². The number of benzene rings is 4. The highest BCUT2D eigenvalue weighted by molar-refractivity contribution is 7.98. The van der Waals surface area contributed by atoms with E-state index < -0.39 is 159 Å². The zero-order valence-corrected chi connectivity index (χ0v) is 67.3. The molecule has 8 rings (SSSR count). The van der Waals surface area contributed by atoms with Crippen molar-refractivity contribution in [3.63, 3.8) is 0 Å². The van der Waals surface area contributed by atoms with Gasteiger partial charge in [-0.25, -0.2) is 4.79 Å². The number of aromatic hydroxyl groups is 1. The van der Waals surface area contributed by atoms with Crippen LogP contribution in [0, 0.1) is 25.6 Å². The van der Waals surface area contributed by atoms with E-state index >= 15 is 4.79 Å². The van der Waals surface area contributed by atoms with Crippen LogP contribution in [0.5, 0.6) is 11.5 Å². The van der Waals surface area contributed by atoms with E-state index in [9.17, 15) is 78.1 Å². The van der Waals surface area contributed by atoms with Gasteiger partial charge in [0.1, 0.15) is 77.1 Å². The Kier molecular flexibility index (Phi) is 34.0. The van der Waals surface area contributed by atoms with Crippen molar-refractivity contribution in [2.45, 2.75) is 184 Å². The van der Waals surface area contributed by atoms with E-state index in [-0.39, 0.29) is 126 Å². The molecule has 38 nitrogen and oxygen atoms in total. The molecule has 18 N–H and O–H groups in total. The van der Waals surface area contributed by atoms with Crippen molar-refractivity contribution in [2.75, 3.05) is 63.7 Å². The van der Waals surface area contributed by atoms with E-state index in [0.29, 0.717) is 76.6 Å². The number of H-pyrrole nitrogens is 1. The van der Waals surface area contributed by atoms with Gasteiger partial charge in [-0.15, -0.1) is 0 Å². The maximum absolute atomic E-state index is 15.0. The molecule has 0 radical (unpaired) electrons. The number of methoxy groups -OCH3 is 1. The summed E-state index contributed by atoms with van der Waals surface area (Å²) in [7, 11) is 1.45. The number of likely N-dealkylation sites (tertiary alicyclic amines) is 2. The van der Waals surface area contributed by atoms with Crippen molar-refractivity contribution in [3.8, 4) is 11.5 Å². The quantitative estimate of drug-likeness (QED) is 0.00651. The van der Waals surface area contributed by atoms with Gasteiger partial charge in [0.15, 0.2) is 5.96 Å². The summed E-state index contributed by atoms with van der Waals surface area (Å²) in [6, 6.07) is 9.90. The number of rotatable bonds is 45. The van der Waals surface area contributed by atoms with Crippen molar-refractivity contribution >= 4 is 122 Å². The predicted octanol–water partition coefficient (Wildman–Crippen LogP) is 2.38. The average Bonchev–Trinajstić information content (AvgIpc) is 1.29. The number of nitrogens with one attached hydrogen (secondary N) is 11. The van der Waals surface area contributed by atoms with Crippen LogP contribution in [-0.2, 0) is 72.0 Å². The fourth-order valence-electron chi connectivity index (χ4n) is 14.3. The second-order valence-corrected chi connectivity index (χ2v) is 30.3.